The standard InChI is InChI=1S/C26H23F2N3O3S/c1-16-3-10-23-21(13-16)26(24(32)30(23)15-17-4-5-18(27)14-22(17)28)31(11-12-35-26)25(33)29-19-6-8-20(34-2)9-7-19/h3-10,13-14H,11-12,15H2,1-2H3,(H,29,33)/t26-/m1/s1. The highest BCUT2D eigenvalue weighted by Crippen LogP contribution is 2.54. The number of carbonyl (C=O) groups is 2. The predicted octanol–water partition coefficient (Wildman–Crippen LogP) is 5.26. The number of halogens is 2. The molecule has 0 saturated carbocycles. The van der Waals surface area contributed by atoms with Gasteiger partial charge in [0.2, 0.25) is 0 Å². The molecule has 0 aliphatic carbocycles. The zero-order valence-corrected chi connectivity index (χ0v) is 20.0. The molecule has 5 rings (SSSR count). The Bertz CT molecular complexity index is 1320. The van der Waals surface area contributed by atoms with E-state index in [1.54, 1.807) is 36.3 Å². The highest BCUT2D eigenvalue weighted by atomic mass is 32.2. The first-order chi connectivity index (χ1) is 16.8. The second-order valence-electron chi connectivity index (χ2n) is 8.45. The van der Waals surface area contributed by atoms with Crippen LogP contribution in [0.3, 0.4) is 0 Å². The molecule has 1 atom stereocenters. The van der Waals surface area contributed by atoms with Crippen LogP contribution in [-0.2, 0) is 16.2 Å². The Labute approximate surface area is 205 Å². The van der Waals surface area contributed by atoms with Gasteiger partial charge in [-0.05, 0) is 43.3 Å². The topological polar surface area (TPSA) is 61.9 Å². The normalized spacial score (nSPS) is 18.8. The van der Waals surface area contributed by atoms with Gasteiger partial charge in [0.05, 0.1) is 19.3 Å². The van der Waals surface area contributed by atoms with Gasteiger partial charge in [-0.1, -0.05) is 23.8 Å². The SMILES string of the molecule is COc1ccc(NC(=O)N2CCS[C@]23C(=O)N(Cc2ccc(F)cc2F)c2ccc(C)cc23)cc1. The van der Waals surface area contributed by atoms with Crippen LogP contribution in [0.5, 0.6) is 5.75 Å². The first kappa shape index (κ1) is 23.2. The second kappa shape index (κ2) is 8.88. The van der Waals surface area contributed by atoms with Gasteiger partial charge < -0.3 is 15.0 Å². The second-order valence-corrected chi connectivity index (χ2v) is 9.74. The van der Waals surface area contributed by atoms with E-state index in [1.165, 1.54) is 28.8 Å². The minimum absolute atomic E-state index is 0.0722. The number of ether oxygens (including phenoxy) is 1. The van der Waals surface area contributed by atoms with Crippen LogP contribution in [0, 0.1) is 18.6 Å². The third kappa shape index (κ3) is 3.89. The quantitative estimate of drug-likeness (QED) is 0.536. The summed E-state index contributed by atoms with van der Waals surface area (Å²) in [6, 6.07) is 15.4. The average molecular weight is 496 g/mol. The van der Waals surface area contributed by atoms with E-state index >= 15 is 0 Å². The number of aryl methyl sites for hydroxylation is 1. The summed E-state index contributed by atoms with van der Waals surface area (Å²) in [5.41, 5.74) is 3.01. The summed E-state index contributed by atoms with van der Waals surface area (Å²) in [5, 5.41) is 2.88. The summed E-state index contributed by atoms with van der Waals surface area (Å²) < 4.78 is 33.1. The average Bonchev–Trinajstić information content (AvgIpc) is 3.38. The molecule has 0 radical (unpaired) electrons. The van der Waals surface area contributed by atoms with Gasteiger partial charge in [-0.15, -0.1) is 11.8 Å². The summed E-state index contributed by atoms with van der Waals surface area (Å²) in [4.78, 5) is 29.2. The largest absolute Gasteiger partial charge is 0.497 e. The van der Waals surface area contributed by atoms with E-state index in [1.807, 2.05) is 25.1 Å². The number of methoxy groups -OCH3 is 1. The summed E-state index contributed by atoms with van der Waals surface area (Å²) >= 11 is 1.39. The lowest BCUT2D eigenvalue weighted by atomic mass is 10.0. The van der Waals surface area contributed by atoms with Crippen molar-refractivity contribution in [2.75, 3.05) is 29.6 Å². The lowest BCUT2D eigenvalue weighted by Gasteiger charge is -2.33. The Balaban J connectivity index is 1.51. The number of nitrogens with zero attached hydrogens (tertiary/aromatic N) is 2. The minimum Gasteiger partial charge on any atom is -0.497 e. The Morgan fingerprint density at radius 2 is 1.89 bits per heavy atom. The fourth-order valence-corrected chi connectivity index (χ4v) is 6.02. The summed E-state index contributed by atoms with van der Waals surface area (Å²) in [6.07, 6.45) is 0. The van der Waals surface area contributed by atoms with Gasteiger partial charge in [-0.2, -0.15) is 0 Å². The number of urea groups is 1. The van der Waals surface area contributed by atoms with Crippen molar-refractivity contribution in [2.45, 2.75) is 18.3 Å². The number of anilines is 2. The number of hydrogen-bond acceptors (Lipinski definition) is 4. The molecule has 9 heteroatoms. The number of rotatable bonds is 4. The molecule has 0 bridgehead atoms. The Morgan fingerprint density at radius 1 is 1.11 bits per heavy atom. The monoisotopic (exact) mass is 495 g/mol. The van der Waals surface area contributed by atoms with Gasteiger partial charge in [0, 0.05) is 35.2 Å². The third-order valence-corrected chi connectivity index (χ3v) is 7.70. The van der Waals surface area contributed by atoms with Gasteiger partial charge in [-0.25, -0.2) is 13.6 Å². The lowest BCUT2D eigenvalue weighted by Crippen LogP contribution is -2.51. The third-order valence-electron chi connectivity index (χ3n) is 6.28. The maximum absolute atomic E-state index is 14.5. The molecule has 0 unspecified atom stereocenters. The molecule has 2 heterocycles. The van der Waals surface area contributed by atoms with Crippen molar-refractivity contribution in [3.8, 4) is 5.75 Å². The molecule has 2 aliphatic rings. The summed E-state index contributed by atoms with van der Waals surface area (Å²) in [5.74, 6) is -0.502. The van der Waals surface area contributed by atoms with E-state index in [4.69, 9.17) is 4.74 Å². The highest BCUT2D eigenvalue weighted by molar-refractivity contribution is 8.01. The van der Waals surface area contributed by atoms with E-state index in [0.717, 1.165) is 11.6 Å². The molecule has 6 nitrogen and oxygen atoms in total. The van der Waals surface area contributed by atoms with Crippen molar-refractivity contribution >= 4 is 35.1 Å². The molecule has 1 spiro atoms. The van der Waals surface area contributed by atoms with Crippen LogP contribution in [0.1, 0.15) is 16.7 Å². The van der Waals surface area contributed by atoms with Crippen LogP contribution < -0.4 is 15.0 Å². The minimum atomic E-state index is -1.27. The molecule has 0 aromatic heterocycles. The van der Waals surface area contributed by atoms with Gasteiger partial charge in [0.15, 0.2) is 4.87 Å². The van der Waals surface area contributed by atoms with Crippen LogP contribution in [0.4, 0.5) is 25.0 Å². The lowest BCUT2D eigenvalue weighted by molar-refractivity contribution is -0.123. The molecule has 1 fully saturated rings. The first-order valence-corrected chi connectivity index (χ1v) is 12.1. The van der Waals surface area contributed by atoms with Crippen molar-refractivity contribution in [3.63, 3.8) is 0 Å². The smallest absolute Gasteiger partial charge is 0.323 e. The number of thioether (sulfide) groups is 1. The number of carbonyl (C=O) groups excluding carboxylic acids is 2. The van der Waals surface area contributed by atoms with E-state index in [-0.39, 0.29) is 18.0 Å². The van der Waals surface area contributed by atoms with Gasteiger partial charge in [0.25, 0.3) is 5.91 Å². The van der Waals surface area contributed by atoms with Gasteiger partial charge in [-0.3, -0.25) is 9.69 Å². The Kier molecular flexibility index (Phi) is 5.88. The maximum atomic E-state index is 14.5. The van der Waals surface area contributed by atoms with Crippen molar-refractivity contribution < 1.29 is 23.1 Å². The van der Waals surface area contributed by atoms with E-state index < -0.39 is 22.5 Å². The van der Waals surface area contributed by atoms with Gasteiger partial charge >= 0.3 is 6.03 Å². The molecule has 3 aromatic rings. The molecule has 2 aliphatic heterocycles. The zero-order valence-electron chi connectivity index (χ0n) is 19.2. The number of fused-ring (bicyclic) bond motifs is 2. The van der Waals surface area contributed by atoms with Crippen LogP contribution >= 0.6 is 11.8 Å². The van der Waals surface area contributed by atoms with E-state index in [9.17, 15) is 18.4 Å². The van der Waals surface area contributed by atoms with Crippen LogP contribution in [0.25, 0.3) is 0 Å². The summed E-state index contributed by atoms with van der Waals surface area (Å²) in [6.45, 7) is 2.21. The molecule has 1 N–H and O–H groups in total. The van der Waals surface area contributed by atoms with Crippen LogP contribution in [0.15, 0.2) is 60.7 Å². The highest BCUT2D eigenvalue weighted by Gasteiger charge is 2.59. The Morgan fingerprint density at radius 3 is 2.60 bits per heavy atom. The van der Waals surface area contributed by atoms with E-state index in [2.05, 4.69) is 5.32 Å². The van der Waals surface area contributed by atoms with Crippen LogP contribution in [-0.4, -0.2) is 36.2 Å². The van der Waals surface area contributed by atoms with E-state index in [0.29, 0.717) is 35.0 Å². The molecular formula is C26H23F2N3O3S. The molecule has 1 saturated heterocycles. The number of amides is 3. The predicted molar refractivity (Wildman–Crippen MR) is 132 cm³/mol. The van der Waals surface area contributed by atoms with Gasteiger partial charge in [0.1, 0.15) is 17.4 Å². The Hall–Kier alpha value is -3.59. The van der Waals surface area contributed by atoms with Crippen molar-refractivity contribution in [2.24, 2.45) is 0 Å². The number of hydrogen-bond donors (Lipinski definition) is 1. The van der Waals surface area contributed by atoms with Crippen molar-refractivity contribution in [3.05, 3.63) is 89.0 Å². The number of benzene rings is 3. The molecule has 3 amide bonds. The molecular weight excluding hydrogens is 472 g/mol. The summed E-state index contributed by atoms with van der Waals surface area (Å²) in [7, 11) is 1.56. The molecule has 3 aromatic carbocycles. The first-order valence-electron chi connectivity index (χ1n) is 11.1. The maximum Gasteiger partial charge on any atom is 0.323 e. The van der Waals surface area contributed by atoms with Crippen molar-refractivity contribution in [1.82, 2.24) is 4.90 Å². The fourth-order valence-electron chi connectivity index (χ4n) is 4.57. The zero-order chi connectivity index (χ0) is 24.7. The van der Waals surface area contributed by atoms with Crippen molar-refractivity contribution in [1.29, 1.82) is 0 Å². The molecule has 35 heavy (non-hydrogen) atoms. The van der Waals surface area contributed by atoms with Crippen LogP contribution in [0.2, 0.25) is 0 Å². The fraction of sp³-hybridized carbons (Fsp3) is 0.231. The molecule has 180 valence electrons. The number of nitrogens with one attached hydrogen (secondary N) is 1.